The first-order valence-electron chi connectivity index (χ1n) is 5.32. The van der Waals surface area contributed by atoms with Crippen LogP contribution in [0.15, 0.2) is 24.4 Å². The number of aromatic nitrogens is 2. The lowest BCUT2D eigenvalue weighted by atomic mass is 10.3. The van der Waals surface area contributed by atoms with Crippen LogP contribution in [0.4, 0.5) is 5.95 Å². The van der Waals surface area contributed by atoms with E-state index in [0.717, 1.165) is 0 Å². The molecule has 2 rings (SSSR count). The minimum atomic E-state index is 0.0632. The number of ether oxygens (including phenoxy) is 3. The molecule has 0 fully saturated rings. The van der Waals surface area contributed by atoms with E-state index in [1.54, 1.807) is 18.2 Å². The Morgan fingerprint density at radius 1 is 1.16 bits per heavy atom. The lowest BCUT2D eigenvalue weighted by molar-refractivity contribution is 0.342. The van der Waals surface area contributed by atoms with Crippen molar-refractivity contribution in [2.24, 2.45) is 0 Å². The zero-order chi connectivity index (χ0) is 13.8. The molecule has 1 aromatic carbocycles. The van der Waals surface area contributed by atoms with Crippen molar-refractivity contribution in [1.82, 2.24) is 9.97 Å². The highest BCUT2D eigenvalue weighted by Gasteiger charge is 2.15. The molecule has 0 amide bonds. The Labute approximate surface area is 115 Å². The molecule has 19 heavy (non-hydrogen) atoms. The van der Waals surface area contributed by atoms with Crippen molar-refractivity contribution in [1.29, 1.82) is 0 Å². The average molecular weight is 282 g/mol. The second-order valence-corrected chi connectivity index (χ2v) is 3.88. The number of nitrogen functional groups attached to an aromatic ring is 1. The summed E-state index contributed by atoms with van der Waals surface area (Å²) in [7, 11) is 3.05. The number of hydrogen-bond donors (Lipinski definition) is 1. The van der Waals surface area contributed by atoms with Crippen molar-refractivity contribution in [2.75, 3.05) is 20.0 Å². The molecule has 0 radical (unpaired) electrons. The van der Waals surface area contributed by atoms with Crippen LogP contribution in [0.3, 0.4) is 0 Å². The van der Waals surface area contributed by atoms with Gasteiger partial charge in [-0.05, 0) is 12.1 Å². The van der Waals surface area contributed by atoms with Crippen LogP contribution in [0.1, 0.15) is 0 Å². The average Bonchev–Trinajstić information content (AvgIpc) is 2.43. The standard InChI is InChI=1S/C12H12ClN3O3/c1-17-8-4-3-5-9(18-2)10(8)19-11-7(13)6-15-12(14)16-11/h3-6H,1-2H3,(H2,14,15,16). The molecule has 100 valence electrons. The topological polar surface area (TPSA) is 79.5 Å². The van der Waals surface area contributed by atoms with Crippen molar-refractivity contribution in [2.45, 2.75) is 0 Å². The van der Waals surface area contributed by atoms with E-state index in [1.165, 1.54) is 20.4 Å². The molecule has 1 aromatic heterocycles. The third-order valence-corrected chi connectivity index (χ3v) is 2.57. The molecule has 6 nitrogen and oxygen atoms in total. The summed E-state index contributed by atoms with van der Waals surface area (Å²) in [6, 6.07) is 5.24. The van der Waals surface area contributed by atoms with Gasteiger partial charge >= 0.3 is 0 Å². The monoisotopic (exact) mass is 281 g/mol. The van der Waals surface area contributed by atoms with Crippen LogP contribution in [0.2, 0.25) is 5.02 Å². The molecule has 2 N–H and O–H groups in total. The minimum Gasteiger partial charge on any atom is -0.493 e. The van der Waals surface area contributed by atoms with Gasteiger partial charge in [0, 0.05) is 0 Å². The number of anilines is 1. The Bertz CT molecular complexity index is 570. The molecular weight excluding hydrogens is 270 g/mol. The van der Waals surface area contributed by atoms with Gasteiger partial charge in [0.1, 0.15) is 5.02 Å². The minimum absolute atomic E-state index is 0.0632. The van der Waals surface area contributed by atoms with Crippen molar-refractivity contribution >= 4 is 17.5 Å². The lowest BCUT2D eigenvalue weighted by Crippen LogP contribution is -1.99. The summed E-state index contributed by atoms with van der Waals surface area (Å²) in [5.41, 5.74) is 5.50. The molecule has 0 aliphatic carbocycles. The van der Waals surface area contributed by atoms with Crippen LogP contribution < -0.4 is 19.9 Å². The smallest absolute Gasteiger partial charge is 0.243 e. The number of methoxy groups -OCH3 is 2. The van der Waals surface area contributed by atoms with E-state index in [4.69, 9.17) is 31.5 Å². The van der Waals surface area contributed by atoms with Gasteiger partial charge in [0.15, 0.2) is 11.5 Å². The van der Waals surface area contributed by atoms with E-state index in [0.29, 0.717) is 17.2 Å². The molecule has 2 aromatic rings. The summed E-state index contributed by atoms with van der Waals surface area (Å²) in [5, 5.41) is 0.238. The Kier molecular flexibility index (Phi) is 3.91. The van der Waals surface area contributed by atoms with Gasteiger partial charge in [0.05, 0.1) is 20.4 Å². The summed E-state index contributed by atoms with van der Waals surface area (Å²) < 4.78 is 16.0. The van der Waals surface area contributed by atoms with Crippen molar-refractivity contribution in [3.8, 4) is 23.1 Å². The van der Waals surface area contributed by atoms with Crippen molar-refractivity contribution in [3.63, 3.8) is 0 Å². The largest absolute Gasteiger partial charge is 0.493 e. The van der Waals surface area contributed by atoms with E-state index in [-0.39, 0.29) is 16.9 Å². The first kappa shape index (κ1) is 13.2. The normalized spacial score (nSPS) is 10.1. The molecular formula is C12H12ClN3O3. The van der Waals surface area contributed by atoms with E-state index in [9.17, 15) is 0 Å². The Balaban J connectivity index is 2.45. The highest BCUT2D eigenvalue weighted by Crippen LogP contribution is 2.40. The maximum Gasteiger partial charge on any atom is 0.243 e. The van der Waals surface area contributed by atoms with Crippen molar-refractivity contribution in [3.05, 3.63) is 29.4 Å². The lowest BCUT2D eigenvalue weighted by Gasteiger charge is -2.13. The van der Waals surface area contributed by atoms with Crippen LogP contribution in [0.25, 0.3) is 0 Å². The molecule has 7 heteroatoms. The van der Waals surface area contributed by atoms with E-state index in [2.05, 4.69) is 9.97 Å². The fourth-order valence-electron chi connectivity index (χ4n) is 1.45. The molecule has 0 unspecified atom stereocenters. The summed E-state index contributed by atoms with van der Waals surface area (Å²) >= 11 is 5.95. The summed E-state index contributed by atoms with van der Waals surface area (Å²) in [5.74, 6) is 1.55. The molecule has 0 bridgehead atoms. The number of halogens is 1. The van der Waals surface area contributed by atoms with Crippen LogP contribution >= 0.6 is 11.6 Å². The van der Waals surface area contributed by atoms with Gasteiger partial charge in [0.25, 0.3) is 0 Å². The predicted octanol–water partition coefficient (Wildman–Crippen LogP) is 2.52. The number of para-hydroxylation sites is 1. The number of nitrogens with two attached hydrogens (primary N) is 1. The summed E-state index contributed by atoms with van der Waals surface area (Å²) in [6.45, 7) is 0. The van der Waals surface area contributed by atoms with Crippen LogP contribution in [-0.4, -0.2) is 24.2 Å². The summed E-state index contributed by atoms with van der Waals surface area (Å²) in [6.07, 6.45) is 1.36. The molecule has 0 saturated carbocycles. The highest BCUT2D eigenvalue weighted by molar-refractivity contribution is 6.31. The Hall–Kier alpha value is -2.21. The maximum absolute atomic E-state index is 5.95. The number of rotatable bonds is 4. The Morgan fingerprint density at radius 3 is 2.37 bits per heavy atom. The van der Waals surface area contributed by atoms with Gasteiger partial charge in [-0.3, -0.25) is 0 Å². The second-order valence-electron chi connectivity index (χ2n) is 3.48. The SMILES string of the molecule is COc1cccc(OC)c1Oc1nc(N)ncc1Cl. The summed E-state index contributed by atoms with van der Waals surface area (Å²) in [4.78, 5) is 7.68. The third-order valence-electron chi connectivity index (χ3n) is 2.31. The molecule has 0 aliphatic rings. The number of nitrogens with zero attached hydrogens (tertiary/aromatic N) is 2. The fraction of sp³-hybridized carbons (Fsp3) is 0.167. The first-order chi connectivity index (χ1) is 9.15. The second kappa shape index (κ2) is 5.62. The molecule has 0 saturated heterocycles. The van der Waals surface area contributed by atoms with Gasteiger partial charge in [-0.15, -0.1) is 0 Å². The number of hydrogen-bond acceptors (Lipinski definition) is 6. The maximum atomic E-state index is 5.95. The van der Waals surface area contributed by atoms with Crippen molar-refractivity contribution < 1.29 is 14.2 Å². The zero-order valence-corrected chi connectivity index (χ0v) is 11.1. The quantitative estimate of drug-likeness (QED) is 0.927. The number of benzene rings is 1. The van der Waals surface area contributed by atoms with E-state index in [1.807, 2.05) is 0 Å². The van der Waals surface area contributed by atoms with Gasteiger partial charge in [-0.25, -0.2) is 4.98 Å². The van der Waals surface area contributed by atoms with Crippen LogP contribution in [0.5, 0.6) is 23.1 Å². The molecule has 1 heterocycles. The van der Waals surface area contributed by atoms with E-state index < -0.39 is 0 Å². The zero-order valence-electron chi connectivity index (χ0n) is 10.4. The highest BCUT2D eigenvalue weighted by atomic mass is 35.5. The van der Waals surface area contributed by atoms with Gasteiger partial charge in [-0.2, -0.15) is 4.98 Å². The third kappa shape index (κ3) is 2.79. The Morgan fingerprint density at radius 2 is 1.79 bits per heavy atom. The van der Waals surface area contributed by atoms with E-state index >= 15 is 0 Å². The molecule has 0 spiro atoms. The predicted molar refractivity (Wildman–Crippen MR) is 71.1 cm³/mol. The first-order valence-corrected chi connectivity index (χ1v) is 5.70. The van der Waals surface area contributed by atoms with Gasteiger partial charge in [-0.1, -0.05) is 17.7 Å². The fourth-order valence-corrected chi connectivity index (χ4v) is 1.58. The van der Waals surface area contributed by atoms with Crippen LogP contribution in [0, 0.1) is 0 Å². The van der Waals surface area contributed by atoms with Gasteiger partial charge in [0.2, 0.25) is 17.6 Å². The van der Waals surface area contributed by atoms with Crippen LogP contribution in [-0.2, 0) is 0 Å². The van der Waals surface area contributed by atoms with Gasteiger partial charge < -0.3 is 19.9 Å². The molecule has 0 aliphatic heterocycles. The molecule has 0 atom stereocenters.